The minimum atomic E-state index is -0.890. The van der Waals surface area contributed by atoms with E-state index in [2.05, 4.69) is 15.3 Å². The first kappa shape index (κ1) is 12.3. The van der Waals surface area contributed by atoms with E-state index in [4.69, 9.17) is 5.11 Å². The van der Waals surface area contributed by atoms with Gasteiger partial charge in [-0.3, -0.25) is 4.98 Å². The molecule has 0 radical (unpaired) electrons. The average Bonchev–Trinajstić information content (AvgIpc) is 2.98. The molecule has 3 heterocycles. The lowest BCUT2D eigenvalue weighted by atomic mass is 10.1. The zero-order chi connectivity index (χ0) is 13.9. The third-order valence-electron chi connectivity index (χ3n) is 3.21. The summed E-state index contributed by atoms with van der Waals surface area (Å²) >= 11 is 0. The van der Waals surface area contributed by atoms with Crippen molar-refractivity contribution in [2.75, 3.05) is 13.1 Å². The van der Waals surface area contributed by atoms with Crippen molar-refractivity contribution in [2.45, 2.75) is 6.42 Å². The number of rotatable bonds is 2. The van der Waals surface area contributed by atoms with Gasteiger partial charge in [-0.25, -0.2) is 9.48 Å². The maximum atomic E-state index is 10.8. The highest BCUT2D eigenvalue weighted by atomic mass is 16.4. The number of nitrogens with zero attached hydrogens (tertiary/aromatic N) is 5. The molecule has 20 heavy (non-hydrogen) atoms. The molecule has 0 saturated carbocycles. The summed E-state index contributed by atoms with van der Waals surface area (Å²) in [6.45, 7) is 0.880. The Kier molecular flexibility index (Phi) is 3.16. The van der Waals surface area contributed by atoms with Crippen molar-refractivity contribution >= 4 is 11.7 Å². The first-order chi connectivity index (χ1) is 9.74. The smallest absolute Gasteiger partial charge is 0.407 e. The Balaban J connectivity index is 1.80. The van der Waals surface area contributed by atoms with E-state index in [-0.39, 0.29) is 0 Å². The van der Waals surface area contributed by atoms with E-state index in [1.165, 1.54) is 4.90 Å². The normalized spacial score (nSPS) is 15.0. The first-order valence-electron chi connectivity index (χ1n) is 6.24. The minimum absolute atomic E-state index is 0.393. The number of hydrogen-bond acceptors (Lipinski definition) is 4. The second kappa shape index (κ2) is 5.12. The van der Waals surface area contributed by atoms with Crippen LogP contribution in [0.15, 0.2) is 36.8 Å². The summed E-state index contributed by atoms with van der Waals surface area (Å²) in [5, 5.41) is 17.1. The Bertz CT molecular complexity index is 650. The van der Waals surface area contributed by atoms with Crippen molar-refractivity contribution in [3.63, 3.8) is 0 Å². The molecule has 3 rings (SSSR count). The van der Waals surface area contributed by atoms with Crippen molar-refractivity contribution in [3.8, 4) is 5.69 Å². The van der Waals surface area contributed by atoms with Crippen molar-refractivity contribution in [1.82, 2.24) is 24.9 Å². The highest BCUT2D eigenvalue weighted by Gasteiger charge is 2.18. The number of carbonyl (C=O) groups is 1. The molecule has 1 aliphatic rings. The van der Waals surface area contributed by atoms with Gasteiger partial charge in [0.25, 0.3) is 0 Å². The lowest BCUT2D eigenvalue weighted by molar-refractivity contribution is 0.150. The summed E-state index contributed by atoms with van der Waals surface area (Å²) in [6.07, 6.45) is 6.89. The predicted molar refractivity (Wildman–Crippen MR) is 71.3 cm³/mol. The maximum absolute atomic E-state index is 10.8. The van der Waals surface area contributed by atoms with Gasteiger partial charge >= 0.3 is 6.09 Å². The number of aromatic nitrogens is 4. The van der Waals surface area contributed by atoms with Crippen LogP contribution in [0.5, 0.6) is 0 Å². The van der Waals surface area contributed by atoms with E-state index < -0.39 is 6.09 Å². The molecule has 1 aliphatic heterocycles. The topological polar surface area (TPSA) is 84.1 Å². The quantitative estimate of drug-likeness (QED) is 0.893. The zero-order valence-electron chi connectivity index (χ0n) is 10.7. The highest BCUT2D eigenvalue weighted by Crippen LogP contribution is 2.20. The van der Waals surface area contributed by atoms with Crippen molar-refractivity contribution < 1.29 is 9.90 Å². The monoisotopic (exact) mass is 271 g/mol. The molecule has 0 fully saturated rings. The number of carboxylic acid groups (broad SMARTS) is 1. The van der Waals surface area contributed by atoms with Gasteiger partial charge in [-0.05, 0) is 24.1 Å². The summed E-state index contributed by atoms with van der Waals surface area (Å²) < 4.78 is 1.66. The summed E-state index contributed by atoms with van der Waals surface area (Å²) in [5.74, 6) is 0. The Morgan fingerprint density at radius 1 is 1.40 bits per heavy atom. The van der Waals surface area contributed by atoms with Gasteiger partial charge in [0, 0.05) is 19.3 Å². The van der Waals surface area contributed by atoms with E-state index in [9.17, 15) is 4.79 Å². The van der Waals surface area contributed by atoms with E-state index in [1.54, 1.807) is 17.1 Å². The van der Waals surface area contributed by atoms with Crippen molar-refractivity contribution in [1.29, 1.82) is 0 Å². The molecule has 102 valence electrons. The van der Waals surface area contributed by atoms with Crippen LogP contribution in [0.2, 0.25) is 0 Å². The molecule has 1 N–H and O–H groups in total. The molecule has 0 aliphatic carbocycles. The number of hydrogen-bond donors (Lipinski definition) is 1. The molecule has 0 unspecified atom stereocenters. The molecule has 1 amide bonds. The van der Waals surface area contributed by atoms with E-state index in [0.717, 1.165) is 17.0 Å². The fourth-order valence-corrected chi connectivity index (χ4v) is 2.10. The fourth-order valence-electron chi connectivity index (χ4n) is 2.10. The molecule has 0 saturated heterocycles. The third-order valence-corrected chi connectivity index (χ3v) is 3.21. The van der Waals surface area contributed by atoms with Gasteiger partial charge in [-0.2, -0.15) is 0 Å². The Labute approximate surface area is 115 Å². The fraction of sp³-hybridized carbons (Fsp3) is 0.231. The molecule has 0 spiro atoms. The van der Waals surface area contributed by atoms with Gasteiger partial charge in [-0.1, -0.05) is 11.3 Å². The second-order valence-electron chi connectivity index (χ2n) is 4.47. The van der Waals surface area contributed by atoms with Crippen LogP contribution in [-0.2, 0) is 0 Å². The number of pyridine rings is 1. The second-order valence-corrected chi connectivity index (χ2v) is 4.47. The maximum Gasteiger partial charge on any atom is 0.407 e. The summed E-state index contributed by atoms with van der Waals surface area (Å²) in [5.41, 5.74) is 2.64. The first-order valence-corrected chi connectivity index (χ1v) is 6.24. The Hall–Kier alpha value is -2.70. The van der Waals surface area contributed by atoms with Crippen LogP contribution < -0.4 is 0 Å². The number of amides is 1. The van der Waals surface area contributed by atoms with Crippen LogP contribution in [0.4, 0.5) is 4.79 Å². The molecule has 0 atom stereocenters. The van der Waals surface area contributed by atoms with Crippen LogP contribution in [0.25, 0.3) is 11.3 Å². The van der Waals surface area contributed by atoms with Gasteiger partial charge in [0.2, 0.25) is 0 Å². The van der Waals surface area contributed by atoms with E-state index >= 15 is 0 Å². The minimum Gasteiger partial charge on any atom is -0.465 e. The van der Waals surface area contributed by atoms with Crippen molar-refractivity contribution in [3.05, 3.63) is 42.5 Å². The van der Waals surface area contributed by atoms with Crippen molar-refractivity contribution in [2.24, 2.45) is 0 Å². The van der Waals surface area contributed by atoms with Gasteiger partial charge < -0.3 is 10.0 Å². The Morgan fingerprint density at radius 2 is 2.30 bits per heavy atom. The molecule has 2 aromatic heterocycles. The average molecular weight is 271 g/mol. The van der Waals surface area contributed by atoms with E-state index in [1.807, 2.05) is 24.4 Å². The van der Waals surface area contributed by atoms with Gasteiger partial charge in [0.1, 0.15) is 5.69 Å². The van der Waals surface area contributed by atoms with Crippen LogP contribution in [-0.4, -0.2) is 49.2 Å². The summed E-state index contributed by atoms with van der Waals surface area (Å²) in [4.78, 5) is 16.3. The van der Waals surface area contributed by atoms with Crippen LogP contribution in [0.1, 0.15) is 12.1 Å². The molecule has 2 aromatic rings. The molecule has 7 heteroatoms. The molecule has 0 bridgehead atoms. The lowest BCUT2D eigenvalue weighted by Gasteiger charge is -2.22. The molecule has 0 aromatic carbocycles. The van der Waals surface area contributed by atoms with E-state index in [0.29, 0.717) is 19.5 Å². The lowest BCUT2D eigenvalue weighted by Crippen LogP contribution is -2.33. The predicted octanol–water partition coefficient (Wildman–Crippen LogP) is 1.43. The molecular formula is C13H13N5O2. The van der Waals surface area contributed by atoms with Crippen LogP contribution in [0, 0.1) is 0 Å². The zero-order valence-corrected chi connectivity index (χ0v) is 10.7. The summed E-state index contributed by atoms with van der Waals surface area (Å²) in [7, 11) is 0. The standard InChI is InChI=1S/C13H13N5O2/c19-13(20)17-6-3-10(4-7-17)12-9-18(16-15-12)11-2-1-5-14-8-11/h1-3,5,8-9H,4,6-7H2,(H,19,20). The SMILES string of the molecule is O=C(O)N1CC=C(c2cn(-c3cccnc3)nn2)CC1. The Morgan fingerprint density at radius 3 is 2.95 bits per heavy atom. The van der Waals surface area contributed by atoms with Gasteiger partial charge in [0.05, 0.1) is 18.1 Å². The highest BCUT2D eigenvalue weighted by molar-refractivity contribution is 5.69. The summed E-state index contributed by atoms with van der Waals surface area (Å²) in [6, 6.07) is 3.73. The molecular weight excluding hydrogens is 258 g/mol. The van der Waals surface area contributed by atoms with Gasteiger partial charge in [0.15, 0.2) is 0 Å². The largest absolute Gasteiger partial charge is 0.465 e. The van der Waals surface area contributed by atoms with Crippen LogP contribution >= 0.6 is 0 Å². The molecule has 7 nitrogen and oxygen atoms in total. The van der Waals surface area contributed by atoms with Crippen LogP contribution in [0.3, 0.4) is 0 Å². The third kappa shape index (κ3) is 2.37. The van der Waals surface area contributed by atoms with Gasteiger partial charge in [-0.15, -0.1) is 5.10 Å².